The molecule has 2 N–H and O–H groups in total. The minimum Gasteiger partial charge on any atom is -0.692 e. The standard InChI is InChI=1S/C25H21N7O6/c33-14-37-13-16(11-15-12-26-19-7-3-1-5-17(15)19)27-25(34)18-6-2-4-8-20(18)30-28-23-21(31(30)35)9-10-22-24(23)29-38-32(22)36/h1-8,12,14,16,26H,9-11,13H2,(H,27,34)/t16-/m1/s1. The van der Waals surface area contributed by atoms with Gasteiger partial charge in [-0.2, -0.15) is 0 Å². The molecule has 38 heavy (non-hydrogen) atoms. The van der Waals surface area contributed by atoms with Crippen LogP contribution >= 0.6 is 0 Å². The van der Waals surface area contributed by atoms with E-state index in [0.717, 1.165) is 21.3 Å². The maximum absolute atomic E-state index is 13.5. The van der Waals surface area contributed by atoms with Crippen LogP contribution in [0.2, 0.25) is 0 Å². The molecule has 13 heteroatoms. The fourth-order valence-electron chi connectivity index (χ4n) is 4.82. The number of rotatable bonds is 8. The number of nitrogens with zero attached hydrogens (tertiary/aromatic N) is 5. The summed E-state index contributed by atoms with van der Waals surface area (Å²) in [6.45, 7) is 0.291. The first kappa shape index (κ1) is 23.2. The average molecular weight is 515 g/mol. The zero-order valence-corrected chi connectivity index (χ0v) is 19.9. The molecule has 0 saturated heterocycles. The summed E-state index contributed by atoms with van der Waals surface area (Å²) in [4.78, 5) is 29.6. The van der Waals surface area contributed by atoms with E-state index < -0.39 is 11.9 Å². The number of hydrogen-bond acceptors (Lipinski definition) is 8. The monoisotopic (exact) mass is 515 g/mol. The van der Waals surface area contributed by atoms with Crippen LogP contribution in [0.5, 0.6) is 0 Å². The summed E-state index contributed by atoms with van der Waals surface area (Å²) in [6, 6.07) is 13.7. The van der Waals surface area contributed by atoms with Crippen molar-refractivity contribution >= 4 is 23.3 Å². The van der Waals surface area contributed by atoms with Crippen molar-refractivity contribution in [2.45, 2.75) is 25.3 Å². The summed E-state index contributed by atoms with van der Waals surface area (Å²) in [7, 11) is 0. The van der Waals surface area contributed by atoms with Gasteiger partial charge in [0, 0.05) is 29.9 Å². The average Bonchev–Trinajstić information content (AvgIpc) is 3.63. The molecular formula is C25H21N7O6. The second kappa shape index (κ2) is 9.35. The van der Waals surface area contributed by atoms with Gasteiger partial charge in [-0.15, -0.1) is 4.85 Å². The normalized spacial score (nSPS) is 13.1. The summed E-state index contributed by atoms with van der Waals surface area (Å²) in [5.74, 6) is -0.479. The number of H-pyrrole nitrogens is 1. The van der Waals surface area contributed by atoms with E-state index in [0.29, 0.717) is 34.0 Å². The summed E-state index contributed by atoms with van der Waals surface area (Å²) >= 11 is 0. The van der Waals surface area contributed by atoms with Crippen LogP contribution < -0.4 is 15.1 Å². The van der Waals surface area contributed by atoms with Crippen molar-refractivity contribution in [1.82, 2.24) is 25.4 Å². The molecule has 192 valence electrons. The number of amides is 1. The van der Waals surface area contributed by atoms with Crippen LogP contribution in [-0.2, 0) is 28.8 Å². The highest BCUT2D eigenvalue weighted by Gasteiger charge is 2.39. The predicted molar refractivity (Wildman–Crippen MR) is 130 cm³/mol. The molecule has 0 spiro atoms. The summed E-state index contributed by atoms with van der Waals surface area (Å²) in [5.41, 5.74) is 3.37. The van der Waals surface area contributed by atoms with Crippen LogP contribution in [-0.4, -0.2) is 45.1 Å². The van der Waals surface area contributed by atoms with Gasteiger partial charge in [0.1, 0.15) is 12.3 Å². The van der Waals surface area contributed by atoms with Crippen LogP contribution in [0.1, 0.15) is 27.3 Å². The molecule has 0 saturated carbocycles. The van der Waals surface area contributed by atoms with Gasteiger partial charge in [-0.3, -0.25) is 14.2 Å². The third-order valence-corrected chi connectivity index (χ3v) is 6.60. The topological polar surface area (TPSA) is 169 Å². The molecule has 0 bridgehead atoms. The summed E-state index contributed by atoms with van der Waals surface area (Å²) in [6.07, 6.45) is 2.79. The highest BCUT2D eigenvalue weighted by Crippen LogP contribution is 2.28. The summed E-state index contributed by atoms with van der Waals surface area (Å²) < 4.78 is 9.68. The van der Waals surface area contributed by atoms with Crippen molar-refractivity contribution in [3.8, 4) is 17.1 Å². The van der Waals surface area contributed by atoms with E-state index in [1.807, 2.05) is 30.5 Å². The Balaban J connectivity index is 1.31. The number of para-hydroxylation sites is 2. The van der Waals surface area contributed by atoms with E-state index in [9.17, 15) is 20.0 Å². The van der Waals surface area contributed by atoms with Gasteiger partial charge in [0.15, 0.2) is 5.69 Å². The van der Waals surface area contributed by atoms with Gasteiger partial charge in [-0.1, -0.05) is 30.3 Å². The second-order valence-electron chi connectivity index (χ2n) is 8.86. The Kier molecular flexibility index (Phi) is 5.71. The van der Waals surface area contributed by atoms with Gasteiger partial charge in [0.2, 0.25) is 5.69 Å². The number of benzene rings is 2. The zero-order valence-electron chi connectivity index (χ0n) is 19.9. The van der Waals surface area contributed by atoms with Crippen molar-refractivity contribution in [2.24, 2.45) is 0 Å². The molecule has 1 amide bonds. The maximum atomic E-state index is 13.5. The molecular weight excluding hydrogens is 494 g/mol. The van der Waals surface area contributed by atoms with Crippen molar-refractivity contribution in [3.63, 3.8) is 0 Å². The Hall–Kier alpha value is -5.20. The molecule has 0 aliphatic heterocycles. The molecule has 1 atom stereocenters. The van der Waals surface area contributed by atoms with Gasteiger partial charge >= 0.3 is 11.4 Å². The highest BCUT2D eigenvalue weighted by molar-refractivity contribution is 5.98. The van der Waals surface area contributed by atoms with Gasteiger partial charge in [-0.25, -0.2) is 0 Å². The first-order chi connectivity index (χ1) is 18.5. The van der Waals surface area contributed by atoms with Crippen molar-refractivity contribution in [1.29, 1.82) is 0 Å². The van der Waals surface area contributed by atoms with Crippen molar-refractivity contribution in [3.05, 3.63) is 87.7 Å². The lowest BCUT2D eigenvalue weighted by Crippen LogP contribution is -2.43. The molecule has 1 aliphatic rings. The number of nitrogens with one attached hydrogen (secondary N) is 2. The van der Waals surface area contributed by atoms with Gasteiger partial charge in [-0.05, 0) is 39.9 Å². The third-order valence-electron chi connectivity index (χ3n) is 6.60. The van der Waals surface area contributed by atoms with Crippen molar-refractivity contribution in [2.75, 3.05) is 6.61 Å². The fourth-order valence-corrected chi connectivity index (χ4v) is 4.82. The quantitative estimate of drug-likeness (QED) is 0.174. The smallest absolute Gasteiger partial charge is 0.303 e. The van der Waals surface area contributed by atoms with Gasteiger partial charge in [0.05, 0.1) is 21.9 Å². The number of aromatic amines is 1. The van der Waals surface area contributed by atoms with Crippen LogP contribution in [0.3, 0.4) is 0 Å². The van der Waals surface area contributed by atoms with E-state index >= 15 is 0 Å². The van der Waals surface area contributed by atoms with E-state index in [1.54, 1.807) is 24.3 Å². The molecule has 0 unspecified atom stereocenters. The molecule has 5 aromatic rings. The molecule has 2 aromatic carbocycles. The maximum Gasteiger partial charge on any atom is 0.303 e. The Morgan fingerprint density at radius 2 is 1.95 bits per heavy atom. The summed E-state index contributed by atoms with van der Waals surface area (Å²) in [5, 5.41) is 37.1. The lowest BCUT2D eigenvalue weighted by Gasteiger charge is -2.18. The number of ether oxygens (including phenoxy) is 1. The molecule has 0 radical (unpaired) electrons. The molecule has 3 aromatic heterocycles. The Morgan fingerprint density at radius 3 is 2.82 bits per heavy atom. The fraction of sp³-hybridized carbons (Fsp3) is 0.200. The SMILES string of the molecule is O=COC[C@@H](Cc1c[nH]c2ccccc12)NC(=O)c1ccccc1-n1nc2c([n+]1[O-])CCc1c-2no[n+]1[O-]. The van der Waals surface area contributed by atoms with Crippen LogP contribution in [0.4, 0.5) is 0 Å². The van der Waals surface area contributed by atoms with Crippen LogP contribution in [0, 0.1) is 10.4 Å². The lowest BCUT2D eigenvalue weighted by atomic mass is 10.0. The first-order valence-corrected chi connectivity index (χ1v) is 11.9. The van der Waals surface area contributed by atoms with E-state index in [4.69, 9.17) is 4.74 Å². The van der Waals surface area contributed by atoms with Crippen LogP contribution in [0.25, 0.3) is 28.0 Å². The van der Waals surface area contributed by atoms with Gasteiger partial charge < -0.3 is 25.5 Å². The van der Waals surface area contributed by atoms with Crippen LogP contribution in [0.15, 0.2) is 59.4 Å². The molecule has 1 aliphatic carbocycles. The Morgan fingerprint density at radius 1 is 1.16 bits per heavy atom. The van der Waals surface area contributed by atoms with Crippen molar-refractivity contribution < 1.29 is 28.7 Å². The molecule has 3 heterocycles. The molecule has 0 fully saturated rings. The molecule has 6 rings (SSSR count). The number of carbonyl (C=O) groups is 2. The lowest BCUT2D eigenvalue weighted by molar-refractivity contribution is -0.808. The number of fused-ring (bicyclic) bond motifs is 4. The number of hydrogen-bond donors (Lipinski definition) is 2. The van der Waals surface area contributed by atoms with E-state index in [-0.39, 0.29) is 42.1 Å². The number of carbonyl (C=O) groups excluding carboxylic acids is 2. The zero-order chi connectivity index (χ0) is 26.2. The van der Waals surface area contributed by atoms with E-state index in [1.165, 1.54) is 0 Å². The second-order valence-corrected chi connectivity index (χ2v) is 8.86. The minimum atomic E-state index is -0.546. The Labute approximate surface area is 214 Å². The highest BCUT2D eigenvalue weighted by atomic mass is 16.8. The first-order valence-electron chi connectivity index (χ1n) is 11.9. The van der Waals surface area contributed by atoms with E-state index in [2.05, 4.69) is 25.2 Å². The number of aromatic nitrogens is 6. The predicted octanol–water partition coefficient (Wildman–Crippen LogP) is 0.888. The minimum absolute atomic E-state index is 0.0430. The third kappa shape index (κ3) is 3.89. The largest absolute Gasteiger partial charge is 0.692 e. The Bertz CT molecular complexity index is 1670. The van der Waals surface area contributed by atoms with Gasteiger partial charge in [0.25, 0.3) is 12.4 Å². The molecule has 13 nitrogen and oxygen atoms in total.